The van der Waals surface area contributed by atoms with Gasteiger partial charge in [-0.2, -0.15) is 13.4 Å². The molecular weight excluding hydrogens is 334 g/mol. The molecule has 0 saturated carbocycles. The number of anilines is 1. The fourth-order valence-corrected chi connectivity index (χ4v) is 3.24. The van der Waals surface area contributed by atoms with E-state index in [-0.39, 0.29) is 18.1 Å². The SMILES string of the molecule is CC(=O)NC(C)c1ccc2nc(N3CC(OS(C)(=O)=O)C3)oc2c1. The zero-order chi connectivity index (χ0) is 17.5. The molecule has 3 rings (SSSR count). The Morgan fingerprint density at radius 3 is 2.79 bits per heavy atom. The van der Waals surface area contributed by atoms with Gasteiger partial charge >= 0.3 is 0 Å². The Bertz CT molecular complexity index is 870. The molecule has 1 aliphatic heterocycles. The molecule has 1 N–H and O–H groups in total. The number of fused-ring (bicyclic) bond motifs is 1. The summed E-state index contributed by atoms with van der Waals surface area (Å²) in [6, 6.07) is 5.87. The molecular formula is C15H19N3O5S. The number of oxazole rings is 1. The molecule has 1 atom stereocenters. The lowest BCUT2D eigenvalue weighted by Crippen LogP contribution is -2.53. The summed E-state index contributed by atoms with van der Waals surface area (Å²) < 4.78 is 32.8. The van der Waals surface area contributed by atoms with Gasteiger partial charge in [0, 0.05) is 6.92 Å². The minimum Gasteiger partial charge on any atom is -0.423 e. The summed E-state index contributed by atoms with van der Waals surface area (Å²) in [7, 11) is -3.45. The molecule has 1 unspecified atom stereocenters. The predicted octanol–water partition coefficient (Wildman–Crippen LogP) is 1.19. The smallest absolute Gasteiger partial charge is 0.298 e. The first-order chi connectivity index (χ1) is 11.2. The fourth-order valence-electron chi connectivity index (χ4n) is 2.62. The summed E-state index contributed by atoms with van der Waals surface area (Å²) in [5, 5.41) is 2.82. The van der Waals surface area contributed by atoms with Crippen LogP contribution in [-0.2, 0) is 19.1 Å². The number of benzene rings is 1. The first kappa shape index (κ1) is 16.7. The summed E-state index contributed by atoms with van der Waals surface area (Å²) in [5.74, 6) is -0.0987. The first-order valence-corrected chi connectivity index (χ1v) is 9.34. The van der Waals surface area contributed by atoms with Crippen molar-refractivity contribution >= 4 is 33.1 Å². The molecule has 1 aliphatic rings. The largest absolute Gasteiger partial charge is 0.423 e. The quantitative estimate of drug-likeness (QED) is 0.806. The van der Waals surface area contributed by atoms with Crippen molar-refractivity contribution < 1.29 is 21.8 Å². The molecule has 0 bridgehead atoms. The van der Waals surface area contributed by atoms with Gasteiger partial charge in [0.15, 0.2) is 5.58 Å². The number of carbonyl (C=O) groups is 1. The fraction of sp³-hybridized carbons (Fsp3) is 0.467. The van der Waals surface area contributed by atoms with Crippen molar-refractivity contribution in [2.45, 2.75) is 26.0 Å². The van der Waals surface area contributed by atoms with Gasteiger partial charge < -0.3 is 14.6 Å². The Morgan fingerprint density at radius 2 is 2.17 bits per heavy atom. The maximum atomic E-state index is 11.2. The van der Waals surface area contributed by atoms with E-state index >= 15 is 0 Å². The van der Waals surface area contributed by atoms with Crippen molar-refractivity contribution in [3.8, 4) is 0 Å². The van der Waals surface area contributed by atoms with Crippen LogP contribution in [0.4, 0.5) is 6.01 Å². The highest BCUT2D eigenvalue weighted by atomic mass is 32.2. The third kappa shape index (κ3) is 3.68. The van der Waals surface area contributed by atoms with Gasteiger partial charge in [-0.25, -0.2) is 0 Å². The van der Waals surface area contributed by atoms with Crippen LogP contribution in [0, 0.1) is 0 Å². The minimum atomic E-state index is -3.45. The third-order valence-electron chi connectivity index (χ3n) is 3.75. The number of hydrogen-bond donors (Lipinski definition) is 1. The molecule has 2 heterocycles. The normalized spacial score (nSPS) is 16.9. The van der Waals surface area contributed by atoms with Gasteiger partial charge in [-0.15, -0.1) is 0 Å². The summed E-state index contributed by atoms with van der Waals surface area (Å²) in [6.45, 7) is 4.19. The molecule has 1 amide bonds. The molecule has 24 heavy (non-hydrogen) atoms. The van der Waals surface area contributed by atoms with E-state index in [0.29, 0.717) is 30.2 Å². The number of aromatic nitrogens is 1. The van der Waals surface area contributed by atoms with E-state index in [1.807, 2.05) is 30.0 Å². The Labute approximate surface area is 139 Å². The second kappa shape index (κ2) is 6.06. The number of rotatable bonds is 5. The lowest BCUT2D eigenvalue weighted by atomic mass is 10.1. The Hall–Kier alpha value is -2.13. The summed E-state index contributed by atoms with van der Waals surface area (Å²) in [4.78, 5) is 17.4. The molecule has 130 valence electrons. The van der Waals surface area contributed by atoms with Gasteiger partial charge in [0.05, 0.1) is 25.4 Å². The van der Waals surface area contributed by atoms with E-state index in [9.17, 15) is 13.2 Å². The average Bonchev–Trinajstić information content (AvgIpc) is 2.82. The van der Waals surface area contributed by atoms with Crippen molar-refractivity contribution in [1.29, 1.82) is 0 Å². The van der Waals surface area contributed by atoms with Crippen molar-refractivity contribution in [3.63, 3.8) is 0 Å². The number of amides is 1. The summed E-state index contributed by atoms with van der Waals surface area (Å²) in [5.41, 5.74) is 2.24. The van der Waals surface area contributed by atoms with Crippen LogP contribution in [-0.4, -0.2) is 44.8 Å². The zero-order valence-corrected chi connectivity index (χ0v) is 14.5. The predicted molar refractivity (Wildman–Crippen MR) is 88.2 cm³/mol. The number of carbonyl (C=O) groups excluding carboxylic acids is 1. The lowest BCUT2D eigenvalue weighted by molar-refractivity contribution is -0.119. The lowest BCUT2D eigenvalue weighted by Gasteiger charge is -2.36. The highest BCUT2D eigenvalue weighted by molar-refractivity contribution is 7.86. The Kier molecular flexibility index (Phi) is 4.22. The molecule has 1 saturated heterocycles. The zero-order valence-electron chi connectivity index (χ0n) is 13.6. The topological polar surface area (TPSA) is 102 Å². The van der Waals surface area contributed by atoms with Gasteiger partial charge in [0.2, 0.25) is 5.91 Å². The van der Waals surface area contributed by atoms with Crippen LogP contribution < -0.4 is 10.2 Å². The van der Waals surface area contributed by atoms with Crippen LogP contribution in [0.3, 0.4) is 0 Å². The molecule has 2 aromatic rings. The second-order valence-electron chi connectivity index (χ2n) is 5.97. The van der Waals surface area contributed by atoms with E-state index in [4.69, 9.17) is 8.60 Å². The molecule has 0 radical (unpaired) electrons. The third-order valence-corrected chi connectivity index (χ3v) is 4.37. The van der Waals surface area contributed by atoms with E-state index in [1.54, 1.807) is 0 Å². The van der Waals surface area contributed by atoms with E-state index in [0.717, 1.165) is 11.8 Å². The number of nitrogens with zero attached hydrogens (tertiary/aromatic N) is 2. The maximum absolute atomic E-state index is 11.2. The van der Waals surface area contributed by atoms with Crippen molar-refractivity contribution in [1.82, 2.24) is 10.3 Å². The van der Waals surface area contributed by atoms with Crippen molar-refractivity contribution in [2.75, 3.05) is 24.2 Å². The van der Waals surface area contributed by atoms with Gasteiger partial charge in [0.25, 0.3) is 16.1 Å². The van der Waals surface area contributed by atoms with E-state index < -0.39 is 10.1 Å². The molecule has 1 aromatic heterocycles. The highest BCUT2D eigenvalue weighted by Gasteiger charge is 2.33. The van der Waals surface area contributed by atoms with Crippen LogP contribution in [0.15, 0.2) is 22.6 Å². The van der Waals surface area contributed by atoms with Gasteiger partial charge in [-0.05, 0) is 24.6 Å². The summed E-state index contributed by atoms with van der Waals surface area (Å²) >= 11 is 0. The van der Waals surface area contributed by atoms with E-state index in [2.05, 4.69) is 10.3 Å². The Balaban J connectivity index is 1.72. The van der Waals surface area contributed by atoms with Crippen molar-refractivity contribution in [3.05, 3.63) is 23.8 Å². The van der Waals surface area contributed by atoms with Crippen LogP contribution in [0.25, 0.3) is 11.1 Å². The molecule has 0 aliphatic carbocycles. The van der Waals surface area contributed by atoms with Gasteiger partial charge in [-0.3, -0.25) is 8.98 Å². The Morgan fingerprint density at radius 1 is 1.46 bits per heavy atom. The molecule has 9 heteroatoms. The van der Waals surface area contributed by atoms with Crippen LogP contribution in [0.2, 0.25) is 0 Å². The number of hydrogen-bond acceptors (Lipinski definition) is 7. The molecule has 1 aromatic carbocycles. The average molecular weight is 353 g/mol. The summed E-state index contributed by atoms with van der Waals surface area (Å²) in [6.07, 6.45) is 0.665. The molecule has 8 nitrogen and oxygen atoms in total. The van der Waals surface area contributed by atoms with Gasteiger partial charge in [0.1, 0.15) is 11.6 Å². The highest BCUT2D eigenvalue weighted by Crippen LogP contribution is 2.28. The first-order valence-electron chi connectivity index (χ1n) is 7.52. The standard InChI is InChI=1S/C15H19N3O5S/c1-9(16-10(2)19)11-4-5-13-14(6-11)22-15(17-13)18-7-12(8-18)23-24(3,20)21/h4-6,9,12H,7-8H2,1-3H3,(H,16,19). The second-order valence-corrected chi connectivity index (χ2v) is 7.57. The molecule has 1 fully saturated rings. The van der Waals surface area contributed by atoms with Gasteiger partial charge in [-0.1, -0.05) is 6.07 Å². The minimum absolute atomic E-state index is 0.0987. The maximum Gasteiger partial charge on any atom is 0.298 e. The monoisotopic (exact) mass is 353 g/mol. The van der Waals surface area contributed by atoms with E-state index in [1.165, 1.54) is 6.92 Å². The van der Waals surface area contributed by atoms with Crippen LogP contribution in [0.5, 0.6) is 0 Å². The van der Waals surface area contributed by atoms with Crippen LogP contribution >= 0.6 is 0 Å². The van der Waals surface area contributed by atoms with Crippen molar-refractivity contribution in [2.24, 2.45) is 0 Å². The molecule has 0 spiro atoms. The van der Waals surface area contributed by atoms with Crippen LogP contribution in [0.1, 0.15) is 25.5 Å². The number of nitrogens with one attached hydrogen (secondary N) is 1.